The number of hydrogen-bond donors (Lipinski definition) is 2. The third-order valence-corrected chi connectivity index (χ3v) is 14.7. The minimum absolute atomic E-state index is 0.0404. The van der Waals surface area contributed by atoms with Gasteiger partial charge in [0.2, 0.25) is 0 Å². The lowest BCUT2D eigenvalue weighted by molar-refractivity contribution is 0.0595. The van der Waals surface area contributed by atoms with Crippen LogP contribution in [0.2, 0.25) is 15.1 Å². The Hall–Kier alpha value is -8.18. The summed E-state index contributed by atoms with van der Waals surface area (Å²) in [7, 11) is 1.64. The zero-order chi connectivity index (χ0) is 51.8. The molecule has 3 aliphatic rings. The first kappa shape index (κ1) is 48.1. The Morgan fingerprint density at radius 2 is 1.07 bits per heavy atom. The van der Waals surface area contributed by atoms with Crippen molar-refractivity contribution in [3.63, 3.8) is 0 Å². The van der Waals surface area contributed by atoms with Gasteiger partial charge >= 0.3 is 0 Å². The summed E-state index contributed by atoms with van der Waals surface area (Å²) in [5, 5.41) is 10.0. The molecule has 6 aromatic heterocycles. The van der Waals surface area contributed by atoms with Crippen molar-refractivity contribution in [2.45, 2.75) is 58.3 Å². The summed E-state index contributed by atoms with van der Waals surface area (Å²) < 4.78 is 11.1. The second-order valence-electron chi connectivity index (χ2n) is 19.1. The summed E-state index contributed by atoms with van der Waals surface area (Å²) >= 11 is 19.3. The van der Waals surface area contributed by atoms with E-state index < -0.39 is 11.1 Å². The van der Waals surface area contributed by atoms with Crippen LogP contribution < -0.4 is 15.4 Å². The minimum atomic E-state index is -0.524. The van der Waals surface area contributed by atoms with Gasteiger partial charge in [0.05, 0.1) is 56.0 Å². The molecule has 19 heteroatoms. The van der Waals surface area contributed by atoms with Gasteiger partial charge in [-0.3, -0.25) is 14.4 Å². The number of benzene rings is 4. The number of amides is 3. The molecule has 4 aromatic carbocycles. The SMILES string of the molecule is CC1(C)NC(=O)c2c(Cl)cc(-n3ccc4cncnc43)cc21.CC1NC(=O)c2c(Cl)cc(-n3ccc4cncnc43)cc21.COc1ccc(CN2C(=O)c3c(Cl)cc(-n4ccc5cncnc54)cc3C2(C)C)cc1. The van der Waals surface area contributed by atoms with Crippen LogP contribution in [-0.2, 0) is 17.6 Å². The smallest absolute Gasteiger partial charge is 0.256 e. The van der Waals surface area contributed by atoms with Crippen molar-refractivity contribution in [3.8, 4) is 22.8 Å². The largest absolute Gasteiger partial charge is 0.497 e. The maximum atomic E-state index is 13.4. The average Bonchev–Trinajstić information content (AvgIpc) is 4.24. The molecule has 0 fully saturated rings. The summed E-state index contributed by atoms with van der Waals surface area (Å²) in [6.45, 7) is 10.5. The molecule has 3 amide bonds. The van der Waals surface area contributed by atoms with Crippen molar-refractivity contribution in [2.75, 3.05) is 7.11 Å². The molecule has 370 valence electrons. The molecule has 0 saturated carbocycles. The van der Waals surface area contributed by atoms with Crippen LogP contribution in [0, 0.1) is 0 Å². The number of hydrogen-bond acceptors (Lipinski definition) is 10. The fraction of sp³-hybridized carbons (Fsp3) is 0.182. The number of methoxy groups -OCH3 is 1. The Morgan fingerprint density at radius 3 is 1.58 bits per heavy atom. The van der Waals surface area contributed by atoms with Gasteiger partial charge in [0, 0.05) is 76.9 Å². The second kappa shape index (κ2) is 18.4. The zero-order valence-electron chi connectivity index (χ0n) is 40.7. The van der Waals surface area contributed by atoms with E-state index in [0.717, 1.165) is 78.2 Å². The fourth-order valence-electron chi connectivity index (χ4n) is 9.96. The molecule has 10 aromatic rings. The highest BCUT2D eigenvalue weighted by atomic mass is 35.5. The van der Waals surface area contributed by atoms with Gasteiger partial charge in [-0.2, -0.15) is 0 Å². The van der Waals surface area contributed by atoms with E-state index in [1.807, 2.05) is 125 Å². The summed E-state index contributed by atoms with van der Waals surface area (Å²) in [6.07, 6.45) is 15.7. The van der Waals surface area contributed by atoms with E-state index in [1.165, 1.54) is 19.0 Å². The molecule has 0 aliphatic carbocycles. The maximum Gasteiger partial charge on any atom is 0.256 e. The number of carbonyl (C=O) groups is 3. The first-order valence-corrected chi connectivity index (χ1v) is 24.6. The molecular weight excluding hydrogens is 999 g/mol. The van der Waals surface area contributed by atoms with Gasteiger partial charge in [-0.1, -0.05) is 46.9 Å². The molecule has 13 rings (SSSR count). The van der Waals surface area contributed by atoms with E-state index >= 15 is 0 Å². The predicted molar refractivity (Wildman–Crippen MR) is 284 cm³/mol. The number of nitrogens with one attached hydrogen (secondary N) is 2. The van der Waals surface area contributed by atoms with Gasteiger partial charge in [0.15, 0.2) is 0 Å². The fourth-order valence-corrected chi connectivity index (χ4v) is 10.9. The van der Waals surface area contributed by atoms with E-state index in [-0.39, 0.29) is 23.8 Å². The molecule has 1 atom stereocenters. The van der Waals surface area contributed by atoms with Crippen molar-refractivity contribution >= 4 is 85.6 Å². The molecule has 2 N–H and O–H groups in total. The van der Waals surface area contributed by atoms with Gasteiger partial charge in [-0.05, 0) is 124 Å². The van der Waals surface area contributed by atoms with Crippen LogP contribution in [0.3, 0.4) is 0 Å². The van der Waals surface area contributed by atoms with Gasteiger partial charge < -0.3 is 34.0 Å². The third-order valence-electron chi connectivity index (χ3n) is 13.8. The number of halogens is 3. The number of fused-ring (bicyclic) bond motifs is 6. The van der Waals surface area contributed by atoms with E-state index in [9.17, 15) is 14.4 Å². The number of carbonyl (C=O) groups excluding carboxylic acids is 3. The molecule has 0 radical (unpaired) electrons. The van der Waals surface area contributed by atoms with Crippen LogP contribution in [-0.4, -0.2) is 73.3 Å². The highest BCUT2D eigenvalue weighted by Crippen LogP contribution is 2.44. The second-order valence-corrected chi connectivity index (χ2v) is 20.3. The molecule has 9 heterocycles. The topological polar surface area (TPSA) is 180 Å². The maximum absolute atomic E-state index is 13.4. The Bertz CT molecular complexity index is 3920. The van der Waals surface area contributed by atoms with Crippen molar-refractivity contribution < 1.29 is 19.1 Å². The zero-order valence-corrected chi connectivity index (χ0v) is 43.0. The van der Waals surface area contributed by atoms with Crippen LogP contribution >= 0.6 is 34.8 Å². The standard InChI is InChI=1S/C24H21ClN4O2.C16H13ClN4O.C15H11ClN4O/c1-24(2)19-10-17(28-9-8-16-12-26-14-27-22(16)28)11-20(25)21(19)23(30)29(24)13-15-4-6-18(31-3)7-5-15;1-16(2)11-5-10(6-12(17)13(11)15(22)20-16)21-4-3-9-7-18-8-19-14(9)21;1-8-11-4-10(5-12(16)13(11)15(21)19-8)20-3-2-9-6-17-7-18-14(9)20/h4-12,14H,13H2,1-3H3;3-8H,1-2H3,(H,20,22);2-8H,1H3,(H,19,21). The molecular formula is C55H45Cl3N12O4. The van der Waals surface area contributed by atoms with Crippen LogP contribution in [0.25, 0.3) is 50.2 Å². The monoisotopic (exact) mass is 1040 g/mol. The van der Waals surface area contributed by atoms with Gasteiger partial charge in [0.1, 0.15) is 41.7 Å². The first-order chi connectivity index (χ1) is 35.5. The molecule has 1 unspecified atom stereocenters. The van der Waals surface area contributed by atoms with Crippen LogP contribution in [0.5, 0.6) is 5.75 Å². The number of nitrogens with zero attached hydrogens (tertiary/aromatic N) is 10. The highest BCUT2D eigenvalue weighted by Gasteiger charge is 2.45. The van der Waals surface area contributed by atoms with E-state index in [1.54, 1.807) is 37.8 Å². The minimum Gasteiger partial charge on any atom is -0.497 e. The molecule has 0 bridgehead atoms. The Labute approximate surface area is 439 Å². The summed E-state index contributed by atoms with van der Waals surface area (Å²) in [4.78, 5) is 64.3. The lowest BCUT2D eigenvalue weighted by Gasteiger charge is -2.32. The summed E-state index contributed by atoms with van der Waals surface area (Å²) in [5.41, 5.74) is 9.51. The number of ether oxygens (including phenoxy) is 1. The van der Waals surface area contributed by atoms with Crippen molar-refractivity contribution in [3.05, 3.63) is 189 Å². The number of rotatable bonds is 6. The molecule has 0 saturated heterocycles. The molecule has 74 heavy (non-hydrogen) atoms. The van der Waals surface area contributed by atoms with Crippen LogP contribution in [0.4, 0.5) is 0 Å². The first-order valence-electron chi connectivity index (χ1n) is 23.4. The Morgan fingerprint density at radius 1 is 0.595 bits per heavy atom. The molecule has 0 spiro atoms. The van der Waals surface area contributed by atoms with Crippen molar-refractivity contribution in [2.24, 2.45) is 0 Å². The van der Waals surface area contributed by atoms with Gasteiger partial charge in [-0.25, -0.2) is 29.9 Å². The quantitative estimate of drug-likeness (QED) is 0.163. The van der Waals surface area contributed by atoms with E-state index in [4.69, 9.17) is 39.5 Å². The Balaban J connectivity index is 0.000000122. The van der Waals surface area contributed by atoms with Gasteiger partial charge in [0.25, 0.3) is 17.7 Å². The van der Waals surface area contributed by atoms with Crippen molar-refractivity contribution in [1.29, 1.82) is 0 Å². The van der Waals surface area contributed by atoms with Crippen LogP contribution in [0.15, 0.2) is 135 Å². The predicted octanol–water partition coefficient (Wildman–Crippen LogP) is 10.9. The normalized spacial score (nSPS) is 15.8. The average molecular weight is 1040 g/mol. The highest BCUT2D eigenvalue weighted by molar-refractivity contribution is 6.35. The molecule has 3 aliphatic heterocycles. The van der Waals surface area contributed by atoms with E-state index in [2.05, 4.69) is 54.4 Å². The lowest BCUT2D eigenvalue weighted by Crippen LogP contribution is -2.38. The lowest BCUT2D eigenvalue weighted by atomic mass is 9.93. The van der Waals surface area contributed by atoms with Crippen molar-refractivity contribution in [1.82, 2.24) is 59.1 Å². The summed E-state index contributed by atoms with van der Waals surface area (Å²) in [6, 6.07) is 25.0. The summed E-state index contributed by atoms with van der Waals surface area (Å²) in [5.74, 6) is 0.478. The molecule has 16 nitrogen and oxygen atoms in total. The van der Waals surface area contributed by atoms with E-state index in [0.29, 0.717) is 38.3 Å². The Kier molecular flexibility index (Phi) is 12.0. The number of aromatic nitrogens is 9. The van der Waals surface area contributed by atoms with Crippen LogP contribution in [0.1, 0.15) is 94.0 Å². The third kappa shape index (κ3) is 8.24. The van der Waals surface area contributed by atoms with Gasteiger partial charge in [-0.15, -0.1) is 0 Å².